The summed E-state index contributed by atoms with van der Waals surface area (Å²) < 4.78 is 6.54. The van der Waals surface area contributed by atoms with Gasteiger partial charge < -0.3 is 9.64 Å². The van der Waals surface area contributed by atoms with Crippen LogP contribution in [0.15, 0.2) is 53.0 Å². The first kappa shape index (κ1) is 12.2. The number of anilines is 1. The molecule has 4 heteroatoms. The van der Waals surface area contributed by atoms with Crippen LogP contribution in [0.4, 0.5) is 5.69 Å². The first-order valence-electron chi connectivity index (χ1n) is 6.01. The summed E-state index contributed by atoms with van der Waals surface area (Å²) in [5.41, 5.74) is 1.90. The number of fused-ring (bicyclic) bond motifs is 1. The van der Waals surface area contributed by atoms with Gasteiger partial charge in [0.1, 0.15) is 5.75 Å². The molecule has 0 aromatic heterocycles. The van der Waals surface area contributed by atoms with Crippen molar-refractivity contribution in [2.24, 2.45) is 0 Å². The van der Waals surface area contributed by atoms with Gasteiger partial charge in [-0.1, -0.05) is 34.1 Å². The molecule has 0 N–H and O–H groups in total. The Morgan fingerprint density at radius 2 is 1.89 bits per heavy atom. The molecule has 1 amide bonds. The van der Waals surface area contributed by atoms with Crippen molar-refractivity contribution in [3.8, 4) is 5.75 Å². The Kier molecular flexibility index (Phi) is 3.25. The van der Waals surface area contributed by atoms with Gasteiger partial charge in [-0.2, -0.15) is 0 Å². The van der Waals surface area contributed by atoms with Gasteiger partial charge in [0.2, 0.25) is 0 Å². The second kappa shape index (κ2) is 5.05. The van der Waals surface area contributed by atoms with Crippen molar-refractivity contribution in [1.29, 1.82) is 0 Å². The highest BCUT2D eigenvalue weighted by Gasteiger charge is 2.22. The van der Waals surface area contributed by atoms with Crippen molar-refractivity contribution in [2.75, 3.05) is 11.5 Å². The minimum Gasteiger partial charge on any atom is -0.483 e. The van der Waals surface area contributed by atoms with Crippen molar-refractivity contribution in [1.82, 2.24) is 0 Å². The van der Waals surface area contributed by atoms with Crippen LogP contribution in [-0.2, 0) is 11.3 Å². The average molecular weight is 318 g/mol. The SMILES string of the molecule is O=C1COc2ccc(Br)cc2CN1c1ccccc1. The van der Waals surface area contributed by atoms with E-state index in [0.29, 0.717) is 6.54 Å². The molecule has 2 aromatic carbocycles. The van der Waals surface area contributed by atoms with E-state index >= 15 is 0 Å². The van der Waals surface area contributed by atoms with Crippen molar-refractivity contribution >= 4 is 27.5 Å². The molecule has 96 valence electrons. The van der Waals surface area contributed by atoms with E-state index in [1.165, 1.54) is 0 Å². The van der Waals surface area contributed by atoms with Gasteiger partial charge in [-0.25, -0.2) is 0 Å². The van der Waals surface area contributed by atoms with Crippen LogP contribution in [0.5, 0.6) is 5.75 Å². The summed E-state index contributed by atoms with van der Waals surface area (Å²) in [7, 11) is 0. The first-order valence-corrected chi connectivity index (χ1v) is 6.80. The van der Waals surface area contributed by atoms with Crippen LogP contribution in [0.25, 0.3) is 0 Å². The molecule has 0 unspecified atom stereocenters. The predicted octanol–water partition coefficient (Wildman–Crippen LogP) is 3.37. The Morgan fingerprint density at radius 3 is 2.68 bits per heavy atom. The molecular weight excluding hydrogens is 306 g/mol. The number of rotatable bonds is 1. The summed E-state index contributed by atoms with van der Waals surface area (Å²) in [6.07, 6.45) is 0. The Balaban J connectivity index is 2.00. The monoisotopic (exact) mass is 317 g/mol. The maximum atomic E-state index is 12.2. The van der Waals surface area contributed by atoms with E-state index in [2.05, 4.69) is 15.9 Å². The summed E-state index contributed by atoms with van der Waals surface area (Å²) >= 11 is 3.45. The quantitative estimate of drug-likeness (QED) is 0.807. The van der Waals surface area contributed by atoms with E-state index in [1.54, 1.807) is 4.90 Å². The zero-order valence-corrected chi connectivity index (χ0v) is 11.8. The van der Waals surface area contributed by atoms with Crippen LogP contribution in [0.2, 0.25) is 0 Å². The number of ether oxygens (including phenoxy) is 1. The smallest absolute Gasteiger partial charge is 0.265 e. The molecule has 0 bridgehead atoms. The molecular formula is C15H12BrNO2. The molecule has 0 saturated heterocycles. The van der Waals surface area contributed by atoms with Crippen molar-refractivity contribution in [2.45, 2.75) is 6.54 Å². The third-order valence-electron chi connectivity index (χ3n) is 3.07. The van der Waals surface area contributed by atoms with E-state index in [0.717, 1.165) is 21.5 Å². The largest absolute Gasteiger partial charge is 0.483 e. The van der Waals surface area contributed by atoms with Crippen molar-refractivity contribution in [3.05, 3.63) is 58.6 Å². The molecule has 1 aliphatic heterocycles. The lowest BCUT2D eigenvalue weighted by atomic mass is 10.2. The standard InChI is InChI=1S/C15H12BrNO2/c16-12-6-7-14-11(8-12)9-17(15(18)10-19-14)13-4-2-1-3-5-13/h1-8H,9-10H2. The van der Waals surface area contributed by atoms with E-state index < -0.39 is 0 Å². The zero-order valence-electron chi connectivity index (χ0n) is 10.2. The van der Waals surface area contributed by atoms with Gasteiger partial charge in [-0.05, 0) is 30.3 Å². The molecule has 0 radical (unpaired) electrons. The maximum absolute atomic E-state index is 12.2. The van der Waals surface area contributed by atoms with Crippen LogP contribution in [-0.4, -0.2) is 12.5 Å². The molecule has 0 atom stereocenters. The lowest BCUT2D eigenvalue weighted by molar-refractivity contribution is -0.120. The first-order chi connectivity index (χ1) is 9.24. The number of para-hydroxylation sites is 1. The maximum Gasteiger partial charge on any atom is 0.265 e. The Hall–Kier alpha value is -1.81. The predicted molar refractivity (Wildman–Crippen MR) is 77.3 cm³/mol. The molecule has 0 saturated carbocycles. The lowest BCUT2D eigenvalue weighted by Gasteiger charge is -2.20. The summed E-state index contributed by atoms with van der Waals surface area (Å²) in [4.78, 5) is 13.9. The van der Waals surface area contributed by atoms with E-state index in [4.69, 9.17) is 4.74 Å². The van der Waals surface area contributed by atoms with Crippen molar-refractivity contribution < 1.29 is 9.53 Å². The lowest BCUT2D eigenvalue weighted by Crippen LogP contribution is -2.32. The fourth-order valence-corrected chi connectivity index (χ4v) is 2.54. The third kappa shape index (κ3) is 2.49. The molecule has 0 spiro atoms. The number of carbonyl (C=O) groups is 1. The normalized spacial score (nSPS) is 14.6. The number of nitrogens with zero attached hydrogens (tertiary/aromatic N) is 1. The second-order valence-corrected chi connectivity index (χ2v) is 5.27. The highest BCUT2D eigenvalue weighted by Crippen LogP contribution is 2.29. The number of hydrogen-bond donors (Lipinski definition) is 0. The molecule has 1 heterocycles. The molecule has 2 aromatic rings. The van der Waals surface area contributed by atoms with Crippen LogP contribution < -0.4 is 9.64 Å². The number of hydrogen-bond acceptors (Lipinski definition) is 2. The van der Waals surface area contributed by atoms with Crippen LogP contribution >= 0.6 is 15.9 Å². The zero-order chi connectivity index (χ0) is 13.2. The molecule has 3 nitrogen and oxygen atoms in total. The van der Waals surface area contributed by atoms with Gasteiger partial charge in [0.05, 0.1) is 6.54 Å². The van der Waals surface area contributed by atoms with Gasteiger partial charge in [0.25, 0.3) is 5.91 Å². The minimum absolute atomic E-state index is 0.0291. The van der Waals surface area contributed by atoms with Crippen molar-refractivity contribution in [3.63, 3.8) is 0 Å². The van der Waals surface area contributed by atoms with Gasteiger partial charge in [0, 0.05) is 15.7 Å². The Bertz CT molecular complexity index is 613. The average Bonchev–Trinajstić information content (AvgIpc) is 2.59. The number of halogens is 1. The molecule has 0 fully saturated rings. The molecule has 3 rings (SSSR count). The minimum atomic E-state index is -0.0291. The highest BCUT2D eigenvalue weighted by atomic mass is 79.9. The topological polar surface area (TPSA) is 29.5 Å². The summed E-state index contributed by atoms with van der Waals surface area (Å²) in [5.74, 6) is 0.744. The fraction of sp³-hybridized carbons (Fsp3) is 0.133. The fourth-order valence-electron chi connectivity index (χ4n) is 2.13. The highest BCUT2D eigenvalue weighted by molar-refractivity contribution is 9.10. The van der Waals surface area contributed by atoms with E-state index in [1.807, 2.05) is 48.5 Å². The van der Waals surface area contributed by atoms with E-state index in [9.17, 15) is 4.79 Å². The molecule has 19 heavy (non-hydrogen) atoms. The Morgan fingerprint density at radius 1 is 1.11 bits per heavy atom. The number of benzene rings is 2. The van der Waals surface area contributed by atoms with Crippen LogP contribution in [0.1, 0.15) is 5.56 Å². The summed E-state index contributed by atoms with van der Waals surface area (Å²) in [6.45, 7) is 0.598. The van der Waals surface area contributed by atoms with E-state index in [-0.39, 0.29) is 12.5 Å². The molecule has 0 aliphatic carbocycles. The molecule has 1 aliphatic rings. The van der Waals surface area contributed by atoms with Gasteiger partial charge in [-0.3, -0.25) is 4.79 Å². The summed E-state index contributed by atoms with van der Waals surface area (Å²) in [6, 6.07) is 15.5. The van der Waals surface area contributed by atoms with Gasteiger partial charge in [-0.15, -0.1) is 0 Å². The second-order valence-electron chi connectivity index (χ2n) is 4.36. The van der Waals surface area contributed by atoms with Crippen LogP contribution in [0.3, 0.4) is 0 Å². The summed E-state index contributed by atoms with van der Waals surface area (Å²) in [5, 5.41) is 0. The van der Waals surface area contributed by atoms with Crippen LogP contribution in [0, 0.1) is 0 Å². The third-order valence-corrected chi connectivity index (χ3v) is 3.56. The number of carbonyl (C=O) groups excluding carboxylic acids is 1. The van der Waals surface area contributed by atoms with Gasteiger partial charge >= 0.3 is 0 Å². The Labute approximate surface area is 119 Å². The number of amides is 1. The van der Waals surface area contributed by atoms with Gasteiger partial charge in [0.15, 0.2) is 6.61 Å².